The average molecular weight is 449 g/mol. The number of anilines is 2. The molecule has 1 heterocycles. The molecule has 0 aliphatic carbocycles. The number of carbonyl (C=O) groups excluding carboxylic acids is 2. The molecule has 0 radical (unpaired) electrons. The Morgan fingerprint density at radius 1 is 1.03 bits per heavy atom. The third kappa shape index (κ3) is 4.70. The molecule has 4 rings (SSSR count). The van der Waals surface area contributed by atoms with Gasteiger partial charge in [-0.1, -0.05) is 51.1 Å². The molecule has 0 spiro atoms. The highest BCUT2D eigenvalue weighted by Gasteiger charge is 2.34. The third-order valence-electron chi connectivity index (χ3n) is 5.42. The fraction of sp³-hybridized carbons (Fsp3) is 0.231. The summed E-state index contributed by atoms with van der Waals surface area (Å²) in [4.78, 5) is 26.8. The number of amides is 2. The van der Waals surface area contributed by atoms with Crippen molar-refractivity contribution in [1.82, 2.24) is 0 Å². The SMILES string of the molecule is CC(C)(C)c1ccc(N2C(=O)CS[C@@H]2c2ccc(NC(=O)c3cccc(F)c3)cc2)cc1. The Balaban J connectivity index is 1.51. The summed E-state index contributed by atoms with van der Waals surface area (Å²) in [5, 5.41) is 2.65. The van der Waals surface area contributed by atoms with Crippen molar-refractivity contribution in [1.29, 1.82) is 0 Å². The number of carbonyl (C=O) groups is 2. The first kappa shape index (κ1) is 22.1. The minimum Gasteiger partial charge on any atom is -0.322 e. The van der Waals surface area contributed by atoms with Crippen LogP contribution in [0.3, 0.4) is 0 Å². The summed E-state index contributed by atoms with van der Waals surface area (Å²) in [5.41, 5.74) is 3.99. The van der Waals surface area contributed by atoms with E-state index in [9.17, 15) is 14.0 Å². The van der Waals surface area contributed by atoms with E-state index in [-0.39, 0.29) is 28.2 Å². The zero-order valence-corrected chi connectivity index (χ0v) is 19.1. The van der Waals surface area contributed by atoms with Crippen molar-refractivity contribution in [3.63, 3.8) is 0 Å². The number of nitrogens with zero attached hydrogens (tertiary/aromatic N) is 1. The Bertz CT molecular complexity index is 1140. The van der Waals surface area contributed by atoms with Gasteiger partial charge in [-0.2, -0.15) is 0 Å². The Hall–Kier alpha value is -3.12. The van der Waals surface area contributed by atoms with E-state index in [1.54, 1.807) is 30.0 Å². The molecule has 2 amide bonds. The Morgan fingerprint density at radius 2 is 1.72 bits per heavy atom. The second-order valence-corrected chi connectivity index (χ2v) is 9.88. The van der Waals surface area contributed by atoms with Crippen LogP contribution in [0.1, 0.15) is 47.6 Å². The van der Waals surface area contributed by atoms with Crippen molar-refractivity contribution in [2.24, 2.45) is 0 Å². The molecule has 1 N–H and O–H groups in total. The minimum atomic E-state index is -0.452. The number of halogens is 1. The third-order valence-corrected chi connectivity index (χ3v) is 6.63. The molecule has 164 valence electrons. The summed E-state index contributed by atoms with van der Waals surface area (Å²) in [6.45, 7) is 6.49. The Morgan fingerprint density at radius 3 is 2.34 bits per heavy atom. The maximum atomic E-state index is 13.4. The van der Waals surface area contributed by atoms with E-state index < -0.39 is 5.82 Å². The van der Waals surface area contributed by atoms with Crippen LogP contribution in [0.5, 0.6) is 0 Å². The van der Waals surface area contributed by atoms with E-state index in [1.807, 2.05) is 29.2 Å². The fourth-order valence-corrected chi connectivity index (χ4v) is 4.81. The predicted octanol–water partition coefficient (Wildman–Crippen LogP) is 6.15. The number of hydrogen-bond donors (Lipinski definition) is 1. The highest BCUT2D eigenvalue weighted by atomic mass is 32.2. The predicted molar refractivity (Wildman–Crippen MR) is 129 cm³/mol. The van der Waals surface area contributed by atoms with E-state index in [0.29, 0.717) is 11.4 Å². The van der Waals surface area contributed by atoms with Gasteiger partial charge in [0.25, 0.3) is 5.91 Å². The van der Waals surface area contributed by atoms with E-state index in [0.717, 1.165) is 11.3 Å². The molecule has 1 fully saturated rings. The zero-order chi connectivity index (χ0) is 22.9. The number of hydrogen-bond acceptors (Lipinski definition) is 3. The largest absolute Gasteiger partial charge is 0.322 e. The number of benzene rings is 3. The molecular weight excluding hydrogens is 423 g/mol. The van der Waals surface area contributed by atoms with Crippen molar-refractivity contribution in [3.05, 3.63) is 95.3 Å². The molecule has 0 saturated carbocycles. The zero-order valence-electron chi connectivity index (χ0n) is 18.3. The maximum Gasteiger partial charge on any atom is 0.255 e. The van der Waals surface area contributed by atoms with Crippen molar-refractivity contribution >= 4 is 35.0 Å². The summed E-state index contributed by atoms with van der Waals surface area (Å²) in [5.74, 6) is -0.328. The van der Waals surface area contributed by atoms with Gasteiger partial charge < -0.3 is 5.32 Å². The van der Waals surface area contributed by atoms with Gasteiger partial charge in [-0.3, -0.25) is 14.5 Å². The molecule has 4 nitrogen and oxygen atoms in total. The van der Waals surface area contributed by atoms with Gasteiger partial charge in [0.05, 0.1) is 5.75 Å². The molecule has 1 aliphatic rings. The second kappa shape index (κ2) is 8.79. The summed E-state index contributed by atoms with van der Waals surface area (Å²) >= 11 is 1.58. The standard InChI is InChI=1S/C26H25FN2O2S/c1-26(2,3)19-9-13-22(14-10-19)29-23(30)16-32-25(29)17-7-11-21(12-8-17)28-24(31)18-5-4-6-20(27)15-18/h4-15,25H,16H2,1-3H3,(H,28,31)/t25-/m1/s1. The molecule has 1 aliphatic heterocycles. The Kier molecular flexibility index (Phi) is 6.07. The van der Waals surface area contributed by atoms with E-state index in [2.05, 4.69) is 38.2 Å². The first-order valence-corrected chi connectivity index (χ1v) is 11.5. The maximum absolute atomic E-state index is 13.4. The molecule has 1 saturated heterocycles. The van der Waals surface area contributed by atoms with Crippen LogP contribution in [0, 0.1) is 5.82 Å². The first-order chi connectivity index (χ1) is 15.2. The van der Waals surface area contributed by atoms with Crippen molar-refractivity contribution in [2.45, 2.75) is 31.6 Å². The van der Waals surface area contributed by atoms with Gasteiger partial charge in [-0.05, 0) is 59.0 Å². The summed E-state index contributed by atoms with van der Waals surface area (Å²) in [6, 6.07) is 21.2. The lowest BCUT2D eigenvalue weighted by atomic mass is 9.87. The Labute approximate surface area is 191 Å². The number of thioether (sulfide) groups is 1. The molecule has 0 bridgehead atoms. The first-order valence-electron chi connectivity index (χ1n) is 10.4. The normalized spacial score (nSPS) is 16.3. The van der Waals surface area contributed by atoms with E-state index in [1.165, 1.54) is 23.8 Å². The topological polar surface area (TPSA) is 49.4 Å². The van der Waals surface area contributed by atoms with Gasteiger partial charge in [0.2, 0.25) is 5.91 Å². The molecule has 3 aromatic carbocycles. The second-order valence-electron chi connectivity index (χ2n) is 8.81. The molecule has 6 heteroatoms. The lowest BCUT2D eigenvalue weighted by molar-refractivity contribution is -0.115. The molecule has 32 heavy (non-hydrogen) atoms. The van der Waals surface area contributed by atoms with Crippen molar-refractivity contribution in [3.8, 4) is 0 Å². The van der Waals surface area contributed by atoms with Crippen molar-refractivity contribution in [2.75, 3.05) is 16.0 Å². The lowest BCUT2D eigenvalue weighted by Gasteiger charge is -2.26. The van der Waals surface area contributed by atoms with Crippen LogP contribution in [0.2, 0.25) is 0 Å². The molecular formula is C26H25FN2O2S. The fourth-order valence-electron chi connectivity index (χ4n) is 3.64. The minimum absolute atomic E-state index is 0.0491. The quantitative estimate of drug-likeness (QED) is 0.520. The van der Waals surface area contributed by atoms with Crippen LogP contribution in [0.15, 0.2) is 72.8 Å². The van der Waals surface area contributed by atoms with Crippen LogP contribution in [-0.4, -0.2) is 17.6 Å². The lowest BCUT2D eigenvalue weighted by Crippen LogP contribution is -2.28. The average Bonchev–Trinajstić information content (AvgIpc) is 3.15. The smallest absolute Gasteiger partial charge is 0.255 e. The summed E-state index contributed by atoms with van der Waals surface area (Å²) in [7, 11) is 0. The van der Waals surface area contributed by atoms with Crippen LogP contribution < -0.4 is 10.2 Å². The highest BCUT2D eigenvalue weighted by molar-refractivity contribution is 8.00. The van der Waals surface area contributed by atoms with Crippen LogP contribution in [0.25, 0.3) is 0 Å². The van der Waals surface area contributed by atoms with E-state index in [4.69, 9.17) is 0 Å². The van der Waals surface area contributed by atoms with Gasteiger partial charge in [-0.25, -0.2) is 4.39 Å². The summed E-state index contributed by atoms with van der Waals surface area (Å²) in [6.07, 6.45) is 0. The van der Waals surface area contributed by atoms with Gasteiger partial charge in [0, 0.05) is 16.9 Å². The number of rotatable bonds is 4. The monoisotopic (exact) mass is 448 g/mol. The molecule has 0 unspecified atom stereocenters. The highest BCUT2D eigenvalue weighted by Crippen LogP contribution is 2.42. The van der Waals surface area contributed by atoms with E-state index >= 15 is 0 Å². The van der Waals surface area contributed by atoms with Crippen LogP contribution in [0.4, 0.5) is 15.8 Å². The molecule has 1 atom stereocenters. The van der Waals surface area contributed by atoms with Crippen LogP contribution >= 0.6 is 11.8 Å². The van der Waals surface area contributed by atoms with Gasteiger partial charge >= 0.3 is 0 Å². The van der Waals surface area contributed by atoms with Gasteiger partial charge in [0.15, 0.2) is 0 Å². The summed E-state index contributed by atoms with van der Waals surface area (Å²) < 4.78 is 13.4. The van der Waals surface area contributed by atoms with Gasteiger partial charge in [-0.15, -0.1) is 11.8 Å². The van der Waals surface area contributed by atoms with Crippen molar-refractivity contribution < 1.29 is 14.0 Å². The number of nitrogens with one attached hydrogen (secondary N) is 1. The van der Waals surface area contributed by atoms with Crippen LogP contribution in [-0.2, 0) is 10.2 Å². The molecule has 0 aromatic heterocycles. The van der Waals surface area contributed by atoms with Gasteiger partial charge in [0.1, 0.15) is 11.2 Å². The molecule has 3 aromatic rings.